The lowest BCUT2D eigenvalue weighted by molar-refractivity contribution is 0.0369. The maximum atomic E-state index is 13.7. The molecule has 4 nitrogen and oxygen atoms in total. The molecule has 2 unspecified atom stereocenters. The van der Waals surface area contributed by atoms with Gasteiger partial charge in [-0.25, -0.2) is 13.8 Å². The SMILES string of the molecule is CNc1c(F)cc(C(=O)NN2C(C)CCCC2C)cc1F. The van der Waals surface area contributed by atoms with E-state index in [4.69, 9.17) is 0 Å². The van der Waals surface area contributed by atoms with Crippen LogP contribution < -0.4 is 10.7 Å². The van der Waals surface area contributed by atoms with Gasteiger partial charge in [0.2, 0.25) is 0 Å². The van der Waals surface area contributed by atoms with Crippen LogP contribution in [0.3, 0.4) is 0 Å². The molecular formula is C15H21F2N3O. The van der Waals surface area contributed by atoms with E-state index in [0.717, 1.165) is 31.4 Å². The number of nitrogens with zero attached hydrogens (tertiary/aromatic N) is 1. The fourth-order valence-electron chi connectivity index (χ4n) is 2.77. The van der Waals surface area contributed by atoms with Crippen molar-refractivity contribution in [2.24, 2.45) is 0 Å². The number of benzene rings is 1. The van der Waals surface area contributed by atoms with Crippen LogP contribution in [0.15, 0.2) is 12.1 Å². The topological polar surface area (TPSA) is 44.4 Å². The van der Waals surface area contributed by atoms with Gasteiger partial charge >= 0.3 is 0 Å². The highest BCUT2D eigenvalue weighted by Gasteiger charge is 2.27. The highest BCUT2D eigenvalue weighted by atomic mass is 19.1. The Bertz CT molecular complexity index is 503. The molecule has 2 N–H and O–H groups in total. The van der Waals surface area contributed by atoms with Gasteiger partial charge in [-0.3, -0.25) is 10.2 Å². The van der Waals surface area contributed by atoms with Crippen molar-refractivity contribution in [1.29, 1.82) is 0 Å². The molecule has 1 aromatic carbocycles. The summed E-state index contributed by atoms with van der Waals surface area (Å²) in [6, 6.07) is 2.51. The number of anilines is 1. The minimum Gasteiger partial charge on any atom is -0.383 e. The number of piperidine rings is 1. The molecule has 0 aromatic heterocycles. The molecule has 1 aliphatic heterocycles. The summed E-state index contributed by atoms with van der Waals surface area (Å²) < 4.78 is 27.4. The number of rotatable bonds is 3. The molecular weight excluding hydrogens is 276 g/mol. The molecule has 6 heteroatoms. The average molecular weight is 297 g/mol. The highest BCUT2D eigenvalue weighted by molar-refractivity contribution is 5.94. The Hall–Kier alpha value is -1.69. The Morgan fingerprint density at radius 3 is 2.19 bits per heavy atom. The lowest BCUT2D eigenvalue weighted by Crippen LogP contribution is -2.54. The zero-order chi connectivity index (χ0) is 15.6. The summed E-state index contributed by atoms with van der Waals surface area (Å²) in [6.45, 7) is 4.06. The fourth-order valence-corrected chi connectivity index (χ4v) is 2.77. The second kappa shape index (κ2) is 6.39. The molecule has 1 saturated heterocycles. The van der Waals surface area contributed by atoms with Crippen molar-refractivity contribution in [3.63, 3.8) is 0 Å². The minimum absolute atomic E-state index is 0.0195. The molecule has 0 saturated carbocycles. The summed E-state index contributed by atoms with van der Waals surface area (Å²) in [5, 5.41) is 4.30. The van der Waals surface area contributed by atoms with E-state index >= 15 is 0 Å². The van der Waals surface area contributed by atoms with Crippen LogP contribution in [-0.2, 0) is 0 Å². The van der Waals surface area contributed by atoms with E-state index in [0.29, 0.717) is 0 Å². The molecule has 1 aliphatic rings. The van der Waals surface area contributed by atoms with Crippen LogP contribution in [0.25, 0.3) is 0 Å². The van der Waals surface area contributed by atoms with Crippen molar-refractivity contribution in [3.8, 4) is 0 Å². The van der Waals surface area contributed by atoms with Gasteiger partial charge in [-0.05, 0) is 38.8 Å². The molecule has 0 bridgehead atoms. The second-order valence-electron chi connectivity index (χ2n) is 5.54. The Labute approximate surface area is 123 Å². The van der Waals surface area contributed by atoms with Crippen LogP contribution in [0.2, 0.25) is 0 Å². The number of nitrogens with one attached hydrogen (secondary N) is 2. The summed E-state index contributed by atoms with van der Waals surface area (Å²) in [6.07, 6.45) is 3.10. The van der Waals surface area contributed by atoms with Gasteiger partial charge in [-0.15, -0.1) is 0 Å². The van der Waals surface area contributed by atoms with Crippen LogP contribution in [0.1, 0.15) is 43.5 Å². The third kappa shape index (κ3) is 3.32. The first-order chi connectivity index (χ1) is 9.93. The maximum absolute atomic E-state index is 13.7. The van der Waals surface area contributed by atoms with Gasteiger partial charge in [0.15, 0.2) is 0 Å². The van der Waals surface area contributed by atoms with Crippen molar-refractivity contribution in [2.45, 2.75) is 45.2 Å². The monoisotopic (exact) mass is 297 g/mol. The van der Waals surface area contributed by atoms with Gasteiger partial charge in [0, 0.05) is 24.7 Å². The van der Waals surface area contributed by atoms with Crippen LogP contribution in [0.5, 0.6) is 0 Å². The highest BCUT2D eigenvalue weighted by Crippen LogP contribution is 2.22. The molecule has 1 fully saturated rings. The van der Waals surface area contributed by atoms with Crippen molar-refractivity contribution in [2.75, 3.05) is 12.4 Å². The summed E-state index contributed by atoms with van der Waals surface area (Å²) >= 11 is 0. The first-order valence-electron chi connectivity index (χ1n) is 7.20. The molecule has 2 rings (SSSR count). The van der Waals surface area contributed by atoms with Crippen LogP contribution in [0, 0.1) is 11.6 Å². The lowest BCUT2D eigenvalue weighted by Gasteiger charge is -2.38. The van der Waals surface area contributed by atoms with Crippen molar-refractivity contribution in [1.82, 2.24) is 10.4 Å². The third-order valence-electron chi connectivity index (χ3n) is 3.98. The molecule has 0 spiro atoms. The van der Waals surface area contributed by atoms with Gasteiger partial charge in [0.25, 0.3) is 5.91 Å². The van der Waals surface area contributed by atoms with Gasteiger partial charge in [-0.1, -0.05) is 6.42 Å². The van der Waals surface area contributed by atoms with E-state index in [9.17, 15) is 13.6 Å². The van der Waals surface area contributed by atoms with E-state index in [-0.39, 0.29) is 23.3 Å². The molecule has 21 heavy (non-hydrogen) atoms. The van der Waals surface area contributed by atoms with Crippen molar-refractivity contribution >= 4 is 11.6 Å². The third-order valence-corrected chi connectivity index (χ3v) is 3.98. The van der Waals surface area contributed by atoms with Gasteiger partial charge in [0.05, 0.1) is 0 Å². The lowest BCUT2D eigenvalue weighted by atomic mass is 10.00. The number of amides is 1. The Morgan fingerprint density at radius 1 is 1.19 bits per heavy atom. The normalized spacial score (nSPS) is 22.9. The summed E-state index contributed by atoms with van der Waals surface area (Å²) in [5.41, 5.74) is 2.52. The molecule has 0 radical (unpaired) electrons. The number of hydrogen-bond acceptors (Lipinski definition) is 3. The molecule has 0 aliphatic carbocycles. The number of hydrazine groups is 1. The predicted molar refractivity (Wildman–Crippen MR) is 78.0 cm³/mol. The van der Waals surface area contributed by atoms with Crippen molar-refractivity contribution in [3.05, 3.63) is 29.3 Å². The first kappa shape index (κ1) is 15.7. The Balaban J connectivity index is 2.17. The molecule has 116 valence electrons. The Kier molecular flexibility index (Phi) is 4.77. The molecule has 1 heterocycles. The number of carbonyl (C=O) groups is 1. The first-order valence-corrected chi connectivity index (χ1v) is 7.20. The smallest absolute Gasteiger partial charge is 0.265 e. The van der Waals surface area contributed by atoms with Gasteiger partial charge < -0.3 is 5.32 Å². The van der Waals surface area contributed by atoms with E-state index in [1.807, 2.05) is 18.9 Å². The van der Waals surface area contributed by atoms with E-state index in [2.05, 4.69) is 10.7 Å². The standard InChI is InChI=1S/C15H21F2N3O/c1-9-5-4-6-10(2)20(9)19-15(21)11-7-12(16)14(18-3)13(17)8-11/h7-10,18H,4-6H2,1-3H3,(H,19,21). The zero-order valence-corrected chi connectivity index (χ0v) is 12.5. The van der Waals surface area contributed by atoms with Gasteiger partial charge in [-0.2, -0.15) is 0 Å². The summed E-state index contributed by atoms with van der Waals surface area (Å²) in [4.78, 5) is 12.2. The average Bonchev–Trinajstić information content (AvgIpc) is 2.42. The van der Waals surface area contributed by atoms with Crippen molar-refractivity contribution < 1.29 is 13.6 Å². The van der Waals surface area contributed by atoms with Crippen LogP contribution in [-0.4, -0.2) is 30.0 Å². The number of halogens is 2. The predicted octanol–water partition coefficient (Wildman–Crippen LogP) is 2.91. The fraction of sp³-hybridized carbons (Fsp3) is 0.533. The quantitative estimate of drug-likeness (QED) is 0.901. The largest absolute Gasteiger partial charge is 0.383 e. The van der Waals surface area contributed by atoms with Crippen LogP contribution >= 0.6 is 0 Å². The second-order valence-corrected chi connectivity index (χ2v) is 5.54. The van der Waals surface area contributed by atoms with E-state index in [1.54, 1.807) is 0 Å². The molecule has 2 atom stereocenters. The molecule has 1 amide bonds. The van der Waals surface area contributed by atoms with E-state index < -0.39 is 17.5 Å². The van der Waals surface area contributed by atoms with Crippen LogP contribution in [0.4, 0.5) is 14.5 Å². The number of hydrogen-bond donors (Lipinski definition) is 2. The summed E-state index contributed by atoms with van der Waals surface area (Å²) in [5.74, 6) is -2.04. The molecule has 1 aromatic rings. The van der Waals surface area contributed by atoms with Gasteiger partial charge in [0.1, 0.15) is 17.3 Å². The van der Waals surface area contributed by atoms with E-state index in [1.165, 1.54) is 7.05 Å². The maximum Gasteiger partial charge on any atom is 0.265 e. The zero-order valence-electron chi connectivity index (χ0n) is 12.5. The minimum atomic E-state index is -0.776. The summed E-state index contributed by atoms with van der Waals surface area (Å²) in [7, 11) is 1.43. The number of carbonyl (C=O) groups excluding carboxylic acids is 1. The Morgan fingerprint density at radius 2 is 1.71 bits per heavy atom.